The number of fused-ring (bicyclic) bond motifs is 2. The molecule has 4 rings (SSSR count). The minimum atomic E-state index is 0.680. The Kier molecular flexibility index (Phi) is 9.14. The van der Waals surface area contributed by atoms with E-state index < -0.39 is 0 Å². The Balaban J connectivity index is 1.22. The molecule has 0 radical (unpaired) electrons. The molecule has 7 heteroatoms. The van der Waals surface area contributed by atoms with Gasteiger partial charge in [-0.15, -0.1) is 0 Å². The van der Waals surface area contributed by atoms with E-state index in [0.29, 0.717) is 13.2 Å². The molecule has 0 N–H and O–H groups in total. The Hall–Kier alpha value is -1.28. The lowest BCUT2D eigenvalue weighted by Crippen LogP contribution is -2.47. The number of ether oxygens (including phenoxy) is 2. The maximum Gasteiger partial charge on any atom is 0.0700 e. The van der Waals surface area contributed by atoms with Crippen molar-refractivity contribution in [3.8, 4) is 0 Å². The molecule has 0 spiro atoms. The third-order valence-electron chi connectivity index (χ3n) is 6.10. The van der Waals surface area contributed by atoms with Gasteiger partial charge in [0, 0.05) is 67.8 Å². The van der Waals surface area contributed by atoms with E-state index in [4.69, 9.17) is 21.1 Å². The molecule has 1 saturated heterocycles. The third-order valence-corrected chi connectivity index (χ3v) is 7.47. The fourth-order valence-corrected chi connectivity index (χ4v) is 5.61. The Bertz CT molecular complexity index is 861. The van der Waals surface area contributed by atoms with Crippen molar-refractivity contribution in [2.45, 2.75) is 22.6 Å². The smallest absolute Gasteiger partial charge is 0.0700 e. The number of benzene rings is 2. The molecule has 0 bridgehead atoms. The molecule has 2 aromatic rings. The van der Waals surface area contributed by atoms with Crippen molar-refractivity contribution in [2.75, 3.05) is 77.6 Å². The van der Waals surface area contributed by atoms with Crippen LogP contribution in [0.15, 0.2) is 52.3 Å². The lowest BCUT2D eigenvalue weighted by Gasteiger charge is -2.36. The highest BCUT2D eigenvalue weighted by Crippen LogP contribution is 2.48. The first kappa shape index (κ1) is 23.9. The van der Waals surface area contributed by atoms with Crippen LogP contribution in [0.25, 0.3) is 0 Å². The maximum absolute atomic E-state index is 6.34. The van der Waals surface area contributed by atoms with E-state index >= 15 is 0 Å². The molecule has 174 valence electrons. The van der Waals surface area contributed by atoms with E-state index in [9.17, 15) is 0 Å². The number of rotatable bonds is 11. The fraction of sp³-hybridized carbons (Fsp3) is 0.520. The summed E-state index contributed by atoms with van der Waals surface area (Å²) in [6.45, 7) is 10.1. The van der Waals surface area contributed by atoms with Crippen molar-refractivity contribution in [1.82, 2.24) is 9.80 Å². The molecular formula is C25H34ClN3O2S. The Morgan fingerprint density at radius 3 is 2.31 bits per heavy atom. The topological polar surface area (TPSA) is 28.2 Å². The van der Waals surface area contributed by atoms with Gasteiger partial charge in [0.25, 0.3) is 0 Å². The van der Waals surface area contributed by atoms with Crippen LogP contribution < -0.4 is 4.90 Å². The van der Waals surface area contributed by atoms with E-state index in [1.54, 1.807) is 7.11 Å². The second-order valence-electron chi connectivity index (χ2n) is 8.33. The number of hydrogen-bond donors (Lipinski definition) is 0. The molecule has 1 fully saturated rings. The van der Waals surface area contributed by atoms with Gasteiger partial charge in [-0.3, -0.25) is 0 Å². The van der Waals surface area contributed by atoms with Crippen molar-refractivity contribution in [1.29, 1.82) is 0 Å². The first-order valence-electron chi connectivity index (χ1n) is 11.6. The highest BCUT2D eigenvalue weighted by Gasteiger charge is 2.23. The number of nitrogens with zero attached hydrogens (tertiary/aromatic N) is 3. The van der Waals surface area contributed by atoms with Gasteiger partial charge >= 0.3 is 0 Å². The summed E-state index contributed by atoms with van der Waals surface area (Å²) in [4.78, 5) is 10.2. The number of para-hydroxylation sites is 1. The predicted molar refractivity (Wildman–Crippen MR) is 134 cm³/mol. The van der Waals surface area contributed by atoms with Gasteiger partial charge in [0.2, 0.25) is 0 Å². The largest absolute Gasteiger partial charge is 0.382 e. The van der Waals surface area contributed by atoms with Gasteiger partial charge in [0.1, 0.15) is 0 Å². The predicted octanol–water partition coefficient (Wildman–Crippen LogP) is 5.00. The Labute approximate surface area is 201 Å². The SMILES string of the molecule is COCCOCCCN1CCN(CCCN2c3ccccc3Sc3ccc(Cl)cc32)CC1. The van der Waals surface area contributed by atoms with E-state index in [-0.39, 0.29) is 0 Å². The number of methoxy groups -OCH3 is 1. The second kappa shape index (κ2) is 12.3. The van der Waals surface area contributed by atoms with Crippen molar-refractivity contribution < 1.29 is 9.47 Å². The highest BCUT2D eigenvalue weighted by atomic mass is 35.5. The monoisotopic (exact) mass is 475 g/mol. The number of anilines is 2. The van der Waals surface area contributed by atoms with Crippen LogP contribution in [0.3, 0.4) is 0 Å². The average molecular weight is 476 g/mol. The van der Waals surface area contributed by atoms with Crippen LogP contribution >= 0.6 is 23.4 Å². The molecule has 5 nitrogen and oxygen atoms in total. The Morgan fingerprint density at radius 1 is 0.812 bits per heavy atom. The molecule has 0 saturated carbocycles. The van der Waals surface area contributed by atoms with Crippen molar-refractivity contribution in [3.63, 3.8) is 0 Å². The van der Waals surface area contributed by atoms with E-state index in [2.05, 4.69) is 51.1 Å². The summed E-state index contributed by atoms with van der Waals surface area (Å²) in [5.41, 5.74) is 2.53. The summed E-state index contributed by atoms with van der Waals surface area (Å²) < 4.78 is 10.6. The summed E-state index contributed by atoms with van der Waals surface area (Å²) in [5, 5.41) is 0.800. The zero-order valence-corrected chi connectivity index (χ0v) is 20.5. The molecule has 32 heavy (non-hydrogen) atoms. The average Bonchev–Trinajstić information content (AvgIpc) is 2.82. The van der Waals surface area contributed by atoms with Gasteiger partial charge in [0.05, 0.1) is 24.6 Å². The standard InChI is InChI=1S/C25H34ClN3O2S/c1-30-18-19-31-17-5-11-28-15-13-27(14-16-28)10-4-12-29-22-6-2-3-7-24(22)32-25-9-8-21(26)20-23(25)29/h2-3,6-9,20H,4-5,10-19H2,1H3. The minimum absolute atomic E-state index is 0.680. The summed E-state index contributed by atoms with van der Waals surface area (Å²) >= 11 is 8.18. The van der Waals surface area contributed by atoms with Crippen LogP contribution in [0.4, 0.5) is 11.4 Å². The Morgan fingerprint density at radius 2 is 1.53 bits per heavy atom. The lowest BCUT2D eigenvalue weighted by atomic mass is 10.2. The maximum atomic E-state index is 6.34. The molecule has 0 atom stereocenters. The van der Waals surface area contributed by atoms with E-state index in [1.165, 1.54) is 21.2 Å². The van der Waals surface area contributed by atoms with Gasteiger partial charge in [-0.25, -0.2) is 0 Å². The molecule has 2 aliphatic heterocycles. The molecule has 0 unspecified atom stereocenters. The van der Waals surface area contributed by atoms with Crippen molar-refractivity contribution in [3.05, 3.63) is 47.5 Å². The van der Waals surface area contributed by atoms with E-state index in [1.807, 2.05) is 17.8 Å². The van der Waals surface area contributed by atoms with Crippen molar-refractivity contribution in [2.24, 2.45) is 0 Å². The van der Waals surface area contributed by atoms with Gasteiger partial charge in [-0.05, 0) is 49.7 Å². The van der Waals surface area contributed by atoms with Crippen LogP contribution in [0.2, 0.25) is 5.02 Å². The number of piperazine rings is 1. The van der Waals surface area contributed by atoms with Gasteiger partial charge in [-0.1, -0.05) is 35.5 Å². The van der Waals surface area contributed by atoms with Gasteiger partial charge in [-0.2, -0.15) is 0 Å². The summed E-state index contributed by atoms with van der Waals surface area (Å²) in [6.07, 6.45) is 2.23. The molecule has 2 aliphatic rings. The normalized spacial score (nSPS) is 16.8. The molecule has 0 aromatic heterocycles. The first-order chi connectivity index (χ1) is 15.7. The molecule has 0 aliphatic carbocycles. The summed E-state index contributed by atoms with van der Waals surface area (Å²) in [7, 11) is 1.71. The fourth-order valence-electron chi connectivity index (χ4n) is 4.37. The second-order valence-corrected chi connectivity index (χ2v) is 9.85. The van der Waals surface area contributed by atoms with Crippen LogP contribution in [0.5, 0.6) is 0 Å². The lowest BCUT2D eigenvalue weighted by molar-refractivity contribution is 0.0608. The van der Waals surface area contributed by atoms with Crippen LogP contribution in [0, 0.1) is 0 Å². The van der Waals surface area contributed by atoms with Crippen LogP contribution in [-0.2, 0) is 9.47 Å². The number of hydrogen-bond acceptors (Lipinski definition) is 6. The van der Waals surface area contributed by atoms with Gasteiger partial charge in [0.15, 0.2) is 0 Å². The van der Waals surface area contributed by atoms with Crippen molar-refractivity contribution >= 4 is 34.7 Å². The third kappa shape index (κ3) is 6.40. The molecule has 2 aromatic carbocycles. The van der Waals surface area contributed by atoms with Crippen LogP contribution in [0.1, 0.15) is 12.8 Å². The van der Waals surface area contributed by atoms with Gasteiger partial charge < -0.3 is 24.2 Å². The summed E-state index contributed by atoms with van der Waals surface area (Å²) in [5.74, 6) is 0. The molecular weight excluding hydrogens is 442 g/mol. The molecule has 2 heterocycles. The van der Waals surface area contributed by atoms with Crippen LogP contribution in [-0.4, -0.2) is 82.5 Å². The van der Waals surface area contributed by atoms with E-state index in [0.717, 1.165) is 70.3 Å². The summed E-state index contributed by atoms with van der Waals surface area (Å²) in [6, 6.07) is 14.9. The first-order valence-corrected chi connectivity index (χ1v) is 12.8. The quantitative estimate of drug-likeness (QED) is 0.424. The number of halogens is 1. The zero-order valence-electron chi connectivity index (χ0n) is 19.0. The molecule has 0 amide bonds. The zero-order chi connectivity index (χ0) is 22.2. The minimum Gasteiger partial charge on any atom is -0.382 e. The highest BCUT2D eigenvalue weighted by molar-refractivity contribution is 7.99.